The Morgan fingerprint density at radius 1 is 1.29 bits per heavy atom. The van der Waals surface area contributed by atoms with Gasteiger partial charge < -0.3 is 9.64 Å². The summed E-state index contributed by atoms with van der Waals surface area (Å²) in [4.78, 5) is 13.2. The molecule has 0 aliphatic heterocycles. The number of hydrogen-bond donors (Lipinski definition) is 0. The Bertz CT molecular complexity index is 295. The van der Waals surface area contributed by atoms with Crippen LogP contribution < -0.4 is 0 Å². The van der Waals surface area contributed by atoms with Crippen molar-refractivity contribution in [1.29, 1.82) is 0 Å². The van der Waals surface area contributed by atoms with Crippen LogP contribution >= 0.6 is 0 Å². The average Bonchev–Trinajstić information content (AvgIpc) is 2.20. The highest BCUT2D eigenvalue weighted by Crippen LogP contribution is 2.17. The molecule has 0 saturated heterocycles. The molecule has 0 N–H and O–H groups in total. The van der Waals surface area contributed by atoms with Crippen LogP contribution in [0.1, 0.15) is 11.7 Å². The Kier molecular flexibility index (Phi) is 3.65. The number of rotatable bonds is 3. The molecule has 0 saturated carbocycles. The Morgan fingerprint density at radius 3 is 2.29 bits per heavy atom. The van der Waals surface area contributed by atoms with Crippen molar-refractivity contribution in [2.45, 2.75) is 6.10 Å². The highest BCUT2D eigenvalue weighted by molar-refractivity contribution is 5.81. The Labute approximate surface area is 84.3 Å². The fraction of sp³-hybridized carbons (Fsp3) is 0.364. The first-order valence-corrected chi connectivity index (χ1v) is 4.45. The van der Waals surface area contributed by atoms with Crippen LogP contribution in [0, 0.1) is 0 Å². The van der Waals surface area contributed by atoms with Crippen molar-refractivity contribution in [3.05, 3.63) is 35.9 Å². The molecule has 0 unspecified atom stereocenters. The zero-order valence-corrected chi connectivity index (χ0v) is 8.73. The van der Waals surface area contributed by atoms with Gasteiger partial charge in [0.05, 0.1) is 0 Å². The summed E-state index contributed by atoms with van der Waals surface area (Å²) >= 11 is 0. The van der Waals surface area contributed by atoms with E-state index in [0.29, 0.717) is 0 Å². The molecule has 3 nitrogen and oxygen atoms in total. The van der Waals surface area contributed by atoms with Gasteiger partial charge in [-0.15, -0.1) is 0 Å². The lowest BCUT2D eigenvalue weighted by Gasteiger charge is -2.19. The maximum Gasteiger partial charge on any atom is 0.255 e. The molecule has 1 amide bonds. The largest absolute Gasteiger partial charge is 0.367 e. The highest BCUT2D eigenvalue weighted by atomic mass is 16.5. The number of likely N-dealkylation sites (N-methyl/N-ethyl adjacent to an activating group) is 1. The molecule has 14 heavy (non-hydrogen) atoms. The quantitative estimate of drug-likeness (QED) is 0.727. The average molecular weight is 193 g/mol. The zero-order valence-electron chi connectivity index (χ0n) is 8.73. The van der Waals surface area contributed by atoms with Gasteiger partial charge in [-0.3, -0.25) is 4.79 Å². The molecule has 0 heterocycles. The SMILES string of the molecule is CO[C@@H](C(=O)N(C)C)c1ccccc1. The lowest BCUT2D eigenvalue weighted by molar-refractivity contribution is -0.139. The van der Waals surface area contributed by atoms with Crippen LogP contribution in [0.3, 0.4) is 0 Å². The van der Waals surface area contributed by atoms with Gasteiger partial charge in [0.25, 0.3) is 5.91 Å². The van der Waals surface area contributed by atoms with E-state index in [1.807, 2.05) is 30.3 Å². The zero-order chi connectivity index (χ0) is 10.6. The molecule has 1 atom stereocenters. The van der Waals surface area contributed by atoms with Crippen molar-refractivity contribution in [3.8, 4) is 0 Å². The Morgan fingerprint density at radius 2 is 1.86 bits per heavy atom. The van der Waals surface area contributed by atoms with E-state index < -0.39 is 6.10 Å². The number of benzene rings is 1. The van der Waals surface area contributed by atoms with Gasteiger partial charge in [-0.05, 0) is 5.56 Å². The topological polar surface area (TPSA) is 29.5 Å². The normalized spacial score (nSPS) is 12.2. The van der Waals surface area contributed by atoms with Gasteiger partial charge in [0, 0.05) is 21.2 Å². The Balaban J connectivity index is 2.88. The number of nitrogens with zero attached hydrogens (tertiary/aromatic N) is 1. The standard InChI is InChI=1S/C11H15NO2/c1-12(2)11(13)10(14-3)9-7-5-4-6-8-9/h4-8,10H,1-3H3/t10-/m1/s1. The van der Waals surface area contributed by atoms with Gasteiger partial charge in [0.2, 0.25) is 0 Å². The summed E-state index contributed by atoms with van der Waals surface area (Å²) in [5.74, 6) is -0.0429. The number of amides is 1. The first-order valence-electron chi connectivity index (χ1n) is 4.45. The first-order chi connectivity index (χ1) is 6.66. The summed E-state index contributed by atoms with van der Waals surface area (Å²) in [6, 6.07) is 9.47. The van der Waals surface area contributed by atoms with E-state index in [2.05, 4.69) is 0 Å². The lowest BCUT2D eigenvalue weighted by Crippen LogP contribution is -2.29. The van der Waals surface area contributed by atoms with Crippen molar-refractivity contribution in [3.63, 3.8) is 0 Å². The molecule has 3 heteroatoms. The second-order valence-electron chi connectivity index (χ2n) is 3.26. The third kappa shape index (κ3) is 2.33. The highest BCUT2D eigenvalue weighted by Gasteiger charge is 2.20. The molecule has 1 aromatic carbocycles. The summed E-state index contributed by atoms with van der Waals surface area (Å²) in [7, 11) is 4.98. The van der Waals surface area contributed by atoms with E-state index in [0.717, 1.165) is 5.56 Å². The van der Waals surface area contributed by atoms with Crippen LogP contribution in [0.5, 0.6) is 0 Å². The van der Waals surface area contributed by atoms with Crippen molar-refractivity contribution < 1.29 is 9.53 Å². The fourth-order valence-electron chi connectivity index (χ4n) is 1.24. The molecule has 76 valence electrons. The number of hydrogen-bond acceptors (Lipinski definition) is 2. The molecule has 0 aromatic heterocycles. The van der Waals surface area contributed by atoms with E-state index in [-0.39, 0.29) is 5.91 Å². The van der Waals surface area contributed by atoms with Crippen LogP contribution in [-0.4, -0.2) is 32.0 Å². The van der Waals surface area contributed by atoms with Crippen molar-refractivity contribution in [1.82, 2.24) is 4.90 Å². The number of carbonyl (C=O) groups is 1. The van der Waals surface area contributed by atoms with E-state index in [1.54, 1.807) is 21.2 Å². The molecule has 0 radical (unpaired) electrons. The van der Waals surface area contributed by atoms with Gasteiger partial charge >= 0.3 is 0 Å². The Hall–Kier alpha value is -1.35. The molecule has 1 aromatic rings. The third-order valence-electron chi connectivity index (χ3n) is 2.00. The van der Waals surface area contributed by atoms with Crippen molar-refractivity contribution in [2.75, 3.05) is 21.2 Å². The summed E-state index contributed by atoms with van der Waals surface area (Å²) in [6.45, 7) is 0. The second kappa shape index (κ2) is 4.77. The van der Waals surface area contributed by atoms with Crippen LogP contribution in [-0.2, 0) is 9.53 Å². The van der Waals surface area contributed by atoms with Crippen molar-refractivity contribution >= 4 is 5.91 Å². The molecule has 0 bridgehead atoms. The van der Waals surface area contributed by atoms with Crippen LogP contribution in [0.25, 0.3) is 0 Å². The minimum Gasteiger partial charge on any atom is -0.367 e. The van der Waals surface area contributed by atoms with Crippen LogP contribution in [0.2, 0.25) is 0 Å². The van der Waals surface area contributed by atoms with E-state index >= 15 is 0 Å². The van der Waals surface area contributed by atoms with Crippen LogP contribution in [0.4, 0.5) is 0 Å². The monoisotopic (exact) mass is 193 g/mol. The smallest absolute Gasteiger partial charge is 0.255 e. The maximum absolute atomic E-state index is 11.7. The predicted octanol–water partition coefficient (Wildman–Crippen LogP) is 1.46. The predicted molar refractivity (Wildman–Crippen MR) is 54.9 cm³/mol. The molecular weight excluding hydrogens is 178 g/mol. The van der Waals surface area contributed by atoms with E-state index in [9.17, 15) is 4.79 Å². The number of carbonyl (C=O) groups excluding carboxylic acids is 1. The maximum atomic E-state index is 11.7. The van der Waals surface area contributed by atoms with Gasteiger partial charge in [-0.2, -0.15) is 0 Å². The summed E-state index contributed by atoms with van der Waals surface area (Å²) in [5, 5.41) is 0. The molecule has 0 aliphatic rings. The van der Waals surface area contributed by atoms with Gasteiger partial charge in [-0.25, -0.2) is 0 Å². The van der Waals surface area contributed by atoms with Gasteiger partial charge in [-0.1, -0.05) is 30.3 Å². The van der Waals surface area contributed by atoms with Crippen molar-refractivity contribution in [2.24, 2.45) is 0 Å². The van der Waals surface area contributed by atoms with Gasteiger partial charge in [0.15, 0.2) is 6.10 Å². The second-order valence-corrected chi connectivity index (χ2v) is 3.26. The molecule has 0 fully saturated rings. The third-order valence-corrected chi connectivity index (χ3v) is 2.00. The molecule has 0 aliphatic carbocycles. The molecular formula is C11H15NO2. The van der Waals surface area contributed by atoms with Gasteiger partial charge in [0.1, 0.15) is 0 Å². The minimum atomic E-state index is -0.494. The molecule has 0 spiro atoms. The fourth-order valence-corrected chi connectivity index (χ4v) is 1.24. The minimum absolute atomic E-state index is 0.0429. The summed E-state index contributed by atoms with van der Waals surface area (Å²) in [6.07, 6.45) is -0.494. The number of ether oxygens (including phenoxy) is 1. The van der Waals surface area contributed by atoms with E-state index in [1.165, 1.54) is 4.90 Å². The first kappa shape index (κ1) is 10.7. The lowest BCUT2D eigenvalue weighted by atomic mass is 10.1. The number of methoxy groups -OCH3 is 1. The summed E-state index contributed by atoms with van der Waals surface area (Å²) < 4.78 is 5.17. The van der Waals surface area contributed by atoms with E-state index in [4.69, 9.17) is 4.74 Å². The summed E-state index contributed by atoms with van der Waals surface area (Å²) in [5.41, 5.74) is 0.883. The van der Waals surface area contributed by atoms with Crippen LogP contribution in [0.15, 0.2) is 30.3 Å². The molecule has 1 rings (SSSR count).